The summed E-state index contributed by atoms with van der Waals surface area (Å²) in [5.74, 6) is 0.500. The zero-order chi connectivity index (χ0) is 13.8. The van der Waals surface area contributed by atoms with E-state index in [1.54, 1.807) is 6.92 Å². The minimum absolute atomic E-state index is 0.0118. The number of tetrazole rings is 1. The first kappa shape index (κ1) is 13.1. The van der Waals surface area contributed by atoms with Gasteiger partial charge in [-0.25, -0.2) is 9.48 Å². The Morgan fingerprint density at radius 1 is 1.47 bits per heavy atom. The van der Waals surface area contributed by atoms with Crippen LogP contribution in [0, 0.1) is 0 Å². The molecular formula is C10H14N6O3. The number of hydrogen-bond donors (Lipinski definition) is 0. The molecule has 0 aliphatic rings. The number of esters is 1. The molecule has 0 spiro atoms. The van der Waals surface area contributed by atoms with E-state index in [1.807, 2.05) is 13.8 Å². The van der Waals surface area contributed by atoms with Crippen molar-refractivity contribution in [1.29, 1.82) is 0 Å². The third kappa shape index (κ3) is 2.92. The molecule has 0 aromatic carbocycles. The maximum Gasteiger partial charge on any atom is 0.378 e. The van der Waals surface area contributed by atoms with Crippen LogP contribution < -0.4 is 0 Å². The number of nitrogens with zero attached hydrogens (tertiary/aromatic N) is 6. The van der Waals surface area contributed by atoms with Crippen molar-refractivity contribution in [3.05, 3.63) is 17.5 Å². The molecule has 2 heterocycles. The first-order valence-electron chi connectivity index (χ1n) is 5.87. The van der Waals surface area contributed by atoms with Gasteiger partial charge in [0.2, 0.25) is 5.89 Å². The average molecular weight is 266 g/mol. The van der Waals surface area contributed by atoms with Gasteiger partial charge in [0.15, 0.2) is 5.82 Å². The van der Waals surface area contributed by atoms with E-state index in [2.05, 4.69) is 25.7 Å². The van der Waals surface area contributed by atoms with E-state index < -0.39 is 5.97 Å². The molecule has 0 bridgehead atoms. The molecule has 2 aromatic heterocycles. The lowest BCUT2D eigenvalue weighted by Gasteiger charge is -2.00. The third-order valence-electron chi connectivity index (χ3n) is 2.26. The van der Waals surface area contributed by atoms with Crippen LogP contribution in [0.5, 0.6) is 0 Å². The first-order chi connectivity index (χ1) is 9.11. The average Bonchev–Trinajstić information content (AvgIpc) is 2.99. The van der Waals surface area contributed by atoms with Gasteiger partial charge in [0.05, 0.1) is 6.61 Å². The van der Waals surface area contributed by atoms with Crippen LogP contribution >= 0.6 is 0 Å². The van der Waals surface area contributed by atoms with Gasteiger partial charge in [-0.2, -0.15) is 4.98 Å². The van der Waals surface area contributed by atoms with Crippen LogP contribution in [0.1, 0.15) is 49.0 Å². The maximum atomic E-state index is 11.6. The number of aromatic nitrogens is 6. The quantitative estimate of drug-likeness (QED) is 0.715. The Hall–Kier alpha value is -2.32. The van der Waals surface area contributed by atoms with Crippen LogP contribution in [0.15, 0.2) is 4.52 Å². The van der Waals surface area contributed by atoms with Crippen LogP contribution in [0.4, 0.5) is 0 Å². The van der Waals surface area contributed by atoms with E-state index in [4.69, 9.17) is 9.26 Å². The highest BCUT2D eigenvalue weighted by atomic mass is 16.5. The molecule has 0 aliphatic heterocycles. The predicted octanol–water partition coefficient (Wildman–Crippen LogP) is 0.404. The molecule has 9 nitrogen and oxygen atoms in total. The monoisotopic (exact) mass is 266 g/mol. The van der Waals surface area contributed by atoms with Crippen LogP contribution in [-0.2, 0) is 11.3 Å². The van der Waals surface area contributed by atoms with Gasteiger partial charge in [0.1, 0.15) is 6.54 Å². The van der Waals surface area contributed by atoms with Crippen LogP contribution in [0.2, 0.25) is 0 Å². The maximum absolute atomic E-state index is 11.6. The number of carbonyl (C=O) groups excluding carboxylic acids is 1. The second-order valence-electron chi connectivity index (χ2n) is 4.08. The van der Waals surface area contributed by atoms with Gasteiger partial charge in [-0.05, 0) is 17.4 Å². The molecule has 0 radical (unpaired) electrons. The second-order valence-corrected chi connectivity index (χ2v) is 4.08. The van der Waals surface area contributed by atoms with Crippen LogP contribution in [0.3, 0.4) is 0 Å². The van der Waals surface area contributed by atoms with Gasteiger partial charge in [-0.1, -0.05) is 19.0 Å². The molecule has 0 aliphatic carbocycles. The molecule has 2 rings (SSSR count). The van der Waals surface area contributed by atoms with E-state index in [9.17, 15) is 4.79 Å². The fraction of sp³-hybridized carbons (Fsp3) is 0.600. The Labute approximate surface area is 108 Å². The fourth-order valence-corrected chi connectivity index (χ4v) is 1.35. The van der Waals surface area contributed by atoms with Crippen LogP contribution in [-0.4, -0.2) is 42.9 Å². The van der Waals surface area contributed by atoms with Crippen molar-refractivity contribution in [2.45, 2.75) is 33.2 Å². The molecule has 2 aromatic rings. The van der Waals surface area contributed by atoms with Gasteiger partial charge in [0, 0.05) is 5.92 Å². The summed E-state index contributed by atoms with van der Waals surface area (Å²) in [5.41, 5.74) is 0. The molecule has 0 unspecified atom stereocenters. The first-order valence-corrected chi connectivity index (χ1v) is 5.87. The van der Waals surface area contributed by atoms with Crippen molar-refractivity contribution in [2.24, 2.45) is 0 Å². The number of hydrogen-bond acceptors (Lipinski definition) is 8. The van der Waals surface area contributed by atoms with Crippen molar-refractivity contribution >= 4 is 5.97 Å². The Morgan fingerprint density at radius 2 is 2.26 bits per heavy atom. The summed E-state index contributed by atoms with van der Waals surface area (Å²) in [5, 5.41) is 14.6. The molecule has 0 atom stereocenters. The summed E-state index contributed by atoms with van der Waals surface area (Å²) in [6, 6.07) is 0. The van der Waals surface area contributed by atoms with Crippen LogP contribution in [0.25, 0.3) is 0 Å². The highest BCUT2D eigenvalue weighted by Crippen LogP contribution is 2.11. The molecule has 0 N–H and O–H groups in total. The lowest BCUT2D eigenvalue weighted by molar-refractivity contribution is 0.0505. The minimum Gasteiger partial charge on any atom is -0.460 e. The van der Waals surface area contributed by atoms with Gasteiger partial charge in [-0.15, -0.1) is 5.10 Å². The summed E-state index contributed by atoms with van der Waals surface area (Å²) >= 11 is 0. The third-order valence-corrected chi connectivity index (χ3v) is 2.26. The molecular weight excluding hydrogens is 252 g/mol. The fourth-order valence-electron chi connectivity index (χ4n) is 1.35. The highest BCUT2D eigenvalue weighted by Gasteiger charge is 2.19. The molecule has 0 saturated heterocycles. The molecule has 9 heteroatoms. The zero-order valence-electron chi connectivity index (χ0n) is 10.9. The Balaban J connectivity index is 2.14. The van der Waals surface area contributed by atoms with Crippen molar-refractivity contribution in [3.8, 4) is 0 Å². The van der Waals surface area contributed by atoms with Crippen molar-refractivity contribution in [3.63, 3.8) is 0 Å². The number of ether oxygens (including phenoxy) is 1. The summed E-state index contributed by atoms with van der Waals surface area (Å²) in [4.78, 5) is 15.8. The van der Waals surface area contributed by atoms with Gasteiger partial charge < -0.3 is 9.26 Å². The Morgan fingerprint density at radius 3 is 2.89 bits per heavy atom. The molecule has 102 valence electrons. The Kier molecular flexibility index (Phi) is 3.83. The molecule has 19 heavy (non-hydrogen) atoms. The highest BCUT2D eigenvalue weighted by molar-refractivity contribution is 5.85. The minimum atomic E-state index is -0.583. The van der Waals surface area contributed by atoms with E-state index in [1.165, 1.54) is 4.68 Å². The van der Waals surface area contributed by atoms with E-state index in [-0.39, 0.29) is 24.9 Å². The van der Waals surface area contributed by atoms with Gasteiger partial charge in [0.25, 0.3) is 5.82 Å². The molecule has 0 amide bonds. The summed E-state index contributed by atoms with van der Waals surface area (Å²) in [6.45, 7) is 6.00. The summed E-state index contributed by atoms with van der Waals surface area (Å²) in [7, 11) is 0. The van der Waals surface area contributed by atoms with Crippen molar-refractivity contribution < 1.29 is 14.1 Å². The van der Waals surface area contributed by atoms with Crippen molar-refractivity contribution in [2.75, 3.05) is 6.61 Å². The lowest BCUT2D eigenvalue weighted by atomic mass is 10.2. The second kappa shape index (κ2) is 5.55. The van der Waals surface area contributed by atoms with Gasteiger partial charge >= 0.3 is 5.97 Å². The van der Waals surface area contributed by atoms with E-state index in [0.29, 0.717) is 11.7 Å². The normalized spacial score (nSPS) is 10.9. The number of rotatable bonds is 5. The van der Waals surface area contributed by atoms with Crippen molar-refractivity contribution in [1.82, 2.24) is 30.3 Å². The number of carbonyl (C=O) groups is 1. The summed E-state index contributed by atoms with van der Waals surface area (Å²) < 4.78 is 11.2. The van der Waals surface area contributed by atoms with Gasteiger partial charge in [-0.3, -0.25) is 0 Å². The lowest BCUT2D eigenvalue weighted by Crippen LogP contribution is -2.15. The predicted molar refractivity (Wildman–Crippen MR) is 61.3 cm³/mol. The molecule has 0 fully saturated rings. The largest absolute Gasteiger partial charge is 0.460 e. The topological polar surface area (TPSA) is 109 Å². The Bertz CT molecular complexity index is 561. The smallest absolute Gasteiger partial charge is 0.378 e. The standard InChI is InChI=1S/C10H14N6O3/c1-4-18-10(17)8-12-14-15-16(8)5-7-11-9(6(2)3)19-13-7/h6H,4-5H2,1-3H3. The zero-order valence-corrected chi connectivity index (χ0v) is 10.9. The van der Waals surface area contributed by atoms with E-state index >= 15 is 0 Å². The summed E-state index contributed by atoms with van der Waals surface area (Å²) in [6.07, 6.45) is 0. The SMILES string of the molecule is CCOC(=O)c1nnnn1Cc1noc(C(C)C)n1. The molecule has 0 saturated carbocycles. The van der Waals surface area contributed by atoms with E-state index in [0.717, 1.165) is 0 Å².